The maximum atomic E-state index is 12.5. The molecule has 6 heteroatoms. The lowest BCUT2D eigenvalue weighted by atomic mass is 10.1. The fourth-order valence-corrected chi connectivity index (χ4v) is 3.02. The average Bonchev–Trinajstić information content (AvgIpc) is 2.69. The molecule has 0 atom stereocenters. The number of hydrogen-bond donors (Lipinski definition) is 1. The molecule has 21 heavy (non-hydrogen) atoms. The van der Waals surface area contributed by atoms with E-state index in [4.69, 9.17) is 0 Å². The van der Waals surface area contributed by atoms with Gasteiger partial charge in [0.15, 0.2) is 5.17 Å². The normalized spacial score (nSPS) is 16.2. The monoisotopic (exact) mass is 327 g/mol. The van der Waals surface area contributed by atoms with Crippen LogP contribution in [0.2, 0.25) is 0 Å². The summed E-state index contributed by atoms with van der Waals surface area (Å²) in [7, 11) is 0. The first-order chi connectivity index (χ1) is 9.34. The quantitative estimate of drug-likeness (QED) is 0.845. The van der Waals surface area contributed by atoms with E-state index in [9.17, 15) is 4.79 Å². The largest absolute Gasteiger partial charge is 0.327 e. The fraction of sp³-hybridized carbons (Fsp3) is 0.467. The summed E-state index contributed by atoms with van der Waals surface area (Å²) in [4.78, 5) is 18.8. The van der Waals surface area contributed by atoms with Crippen LogP contribution in [-0.4, -0.2) is 34.4 Å². The predicted molar refractivity (Wildman–Crippen MR) is 93.9 cm³/mol. The molecular formula is C15H22ClN3OS. The zero-order chi connectivity index (χ0) is 14.9. The van der Waals surface area contributed by atoms with Gasteiger partial charge in [0, 0.05) is 5.69 Å². The number of aryl methyl sites for hydroxylation is 2. The van der Waals surface area contributed by atoms with Crippen LogP contribution in [0, 0.1) is 13.8 Å². The van der Waals surface area contributed by atoms with Crippen LogP contribution in [0.4, 0.5) is 10.5 Å². The number of rotatable bonds is 1. The molecule has 0 saturated heterocycles. The zero-order valence-corrected chi connectivity index (χ0v) is 14.7. The number of urea groups is 1. The van der Waals surface area contributed by atoms with Crippen LogP contribution in [0.15, 0.2) is 23.2 Å². The Morgan fingerprint density at radius 3 is 2.43 bits per heavy atom. The number of nitrogens with zero attached hydrogens (tertiary/aromatic N) is 2. The van der Waals surface area contributed by atoms with Gasteiger partial charge in [-0.25, -0.2) is 4.79 Å². The smallest absolute Gasteiger partial charge is 0.307 e. The third kappa shape index (κ3) is 3.92. The topological polar surface area (TPSA) is 44.7 Å². The maximum absolute atomic E-state index is 12.5. The highest BCUT2D eigenvalue weighted by Gasteiger charge is 2.34. The summed E-state index contributed by atoms with van der Waals surface area (Å²) in [5.74, 6) is 0. The Kier molecular flexibility index (Phi) is 5.70. The molecule has 0 saturated carbocycles. The zero-order valence-electron chi connectivity index (χ0n) is 13.1. The molecule has 2 amide bonds. The highest BCUT2D eigenvalue weighted by atomic mass is 35.5. The second-order valence-corrected chi connectivity index (χ2v) is 6.47. The van der Waals surface area contributed by atoms with Gasteiger partial charge in [0.25, 0.3) is 0 Å². The molecule has 0 aliphatic carbocycles. The summed E-state index contributed by atoms with van der Waals surface area (Å²) in [5, 5.41) is 3.79. The van der Waals surface area contributed by atoms with Crippen LogP contribution in [-0.2, 0) is 0 Å². The summed E-state index contributed by atoms with van der Waals surface area (Å²) in [6.07, 6.45) is 1.94. The van der Waals surface area contributed by atoms with E-state index in [0.717, 1.165) is 22.0 Å². The van der Waals surface area contributed by atoms with Crippen LogP contribution in [0.3, 0.4) is 0 Å². The summed E-state index contributed by atoms with van der Waals surface area (Å²) < 4.78 is 0. The molecule has 0 bridgehead atoms. The maximum Gasteiger partial charge on any atom is 0.327 e. The van der Waals surface area contributed by atoms with E-state index in [-0.39, 0.29) is 24.0 Å². The molecule has 0 aromatic heterocycles. The minimum atomic E-state index is -0.212. The van der Waals surface area contributed by atoms with Crippen LogP contribution in [0.5, 0.6) is 0 Å². The molecule has 0 unspecified atom stereocenters. The van der Waals surface area contributed by atoms with Gasteiger partial charge >= 0.3 is 6.03 Å². The van der Waals surface area contributed by atoms with Gasteiger partial charge in [0.05, 0.1) is 12.1 Å². The first kappa shape index (κ1) is 17.9. The highest BCUT2D eigenvalue weighted by Crippen LogP contribution is 2.26. The van der Waals surface area contributed by atoms with Crippen molar-refractivity contribution in [3.8, 4) is 0 Å². The van der Waals surface area contributed by atoms with Crippen molar-refractivity contribution in [1.82, 2.24) is 4.90 Å². The minimum Gasteiger partial charge on any atom is -0.307 e. The highest BCUT2D eigenvalue weighted by molar-refractivity contribution is 8.13. The lowest BCUT2D eigenvalue weighted by molar-refractivity contribution is 0.232. The average molecular weight is 328 g/mol. The first-order valence-corrected chi connectivity index (χ1v) is 7.85. The van der Waals surface area contributed by atoms with Crippen LogP contribution >= 0.6 is 24.2 Å². The second-order valence-electron chi connectivity index (χ2n) is 5.69. The number of hydrogen-bond acceptors (Lipinski definition) is 3. The van der Waals surface area contributed by atoms with Gasteiger partial charge in [-0.1, -0.05) is 30.0 Å². The molecule has 1 heterocycles. The molecule has 1 aliphatic heterocycles. The van der Waals surface area contributed by atoms with Crippen molar-refractivity contribution in [2.45, 2.75) is 33.2 Å². The third-order valence-electron chi connectivity index (χ3n) is 3.32. The van der Waals surface area contributed by atoms with Crippen molar-refractivity contribution in [3.05, 3.63) is 29.3 Å². The Labute approximate surface area is 136 Å². The minimum absolute atomic E-state index is 0. The van der Waals surface area contributed by atoms with E-state index >= 15 is 0 Å². The predicted octanol–water partition coefficient (Wildman–Crippen LogP) is 4.07. The molecule has 1 aromatic rings. The molecule has 116 valence electrons. The summed E-state index contributed by atoms with van der Waals surface area (Å²) in [5.41, 5.74) is 2.82. The molecule has 1 N–H and O–H groups in total. The van der Waals surface area contributed by atoms with Crippen molar-refractivity contribution in [2.75, 3.05) is 18.1 Å². The van der Waals surface area contributed by atoms with Crippen molar-refractivity contribution >= 4 is 41.1 Å². The number of para-hydroxylation sites is 1. The van der Waals surface area contributed by atoms with Gasteiger partial charge < -0.3 is 5.32 Å². The number of halogens is 1. The number of anilines is 1. The molecule has 0 fully saturated rings. The molecule has 2 rings (SSSR count). The number of benzene rings is 1. The van der Waals surface area contributed by atoms with Crippen molar-refractivity contribution < 1.29 is 4.79 Å². The Balaban J connectivity index is 0.00000220. The van der Waals surface area contributed by atoms with Gasteiger partial charge in [-0.15, -0.1) is 12.4 Å². The number of carbonyl (C=O) groups excluding carboxylic acids is 1. The van der Waals surface area contributed by atoms with Crippen LogP contribution in [0.25, 0.3) is 0 Å². The summed E-state index contributed by atoms with van der Waals surface area (Å²) in [6.45, 7) is 8.69. The SMILES string of the molecule is CSC1=NC(C)(C)CN1C(=O)Nc1c(C)cccc1C.Cl. The van der Waals surface area contributed by atoms with Gasteiger partial charge in [-0.05, 0) is 45.1 Å². The van der Waals surface area contributed by atoms with Gasteiger partial charge in [0.2, 0.25) is 0 Å². The molecule has 0 radical (unpaired) electrons. The Morgan fingerprint density at radius 2 is 1.90 bits per heavy atom. The number of amidine groups is 1. The van der Waals surface area contributed by atoms with Gasteiger partial charge in [0.1, 0.15) is 0 Å². The molecule has 4 nitrogen and oxygen atoms in total. The molecule has 1 aliphatic rings. The van der Waals surface area contributed by atoms with Crippen LogP contribution < -0.4 is 5.32 Å². The molecular weight excluding hydrogens is 306 g/mol. The lowest BCUT2D eigenvalue weighted by Crippen LogP contribution is -2.39. The van der Waals surface area contributed by atoms with Crippen molar-refractivity contribution in [2.24, 2.45) is 4.99 Å². The number of nitrogens with one attached hydrogen (secondary N) is 1. The van der Waals surface area contributed by atoms with Crippen LogP contribution in [0.1, 0.15) is 25.0 Å². The Hall–Kier alpha value is -1.20. The Morgan fingerprint density at radius 1 is 1.33 bits per heavy atom. The van der Waals surface area contributed by atoms with E-state index < -0.39 is 0 Å². The van der Waals surface area contributed by atoms with E-state index in [0.29, 0.717) is 6.54 Å². The number of amides is 2. The second kappa shape index (κ2) is 6.71. The lowest BCUT2D eigenvalue weighted by Gasteiger charge is -2.21. The summed E-state index contributed by atoms with van der Waals surface area (Å²) in [6, 6.07) is 5.88. The number of aliphatic imine (C=N–C) groups is 1. The van der Waals surface area contributed by atoms with E-state index in [1.165, 1.54) is 11.8 Å². The Bertz CT molecular complexity index is 552. The number of carbonyl (C=O) groups is 1. The summed E-state index contributed by atoms with van der Waals surface area (Å²) >= 11 is 1.51. The molecule has 0 spiro atoms. The van der Waals surface area contributed by atoms with Crippen molar-refractivity contribution in [3.63, 3.8) is 0 Å². The standard InChI is InChI=1S/C15H21N3OS.ClH/c1-10-7-6-8-11(2)12(10)16-13(19)18-9-15(3,4)17-14(18)20-5;/h6-8H,9H2,1-5H3,(H,16,19);1H. The van der Waals surface area contributed by atoms with E-state index in [1.807, 2.05) is 52.1 Å². The van der Waals surface area contributed by atoms with Gasteiger partial charge in [-0.2, -0.15) is 0 Å². The first-order valence-electron chi connectivity index (χ1n) is 6.62. The third-order valence-corrected chi connectivity index (χ3v) is 3.99. The fourth-order valence-electron chi connectivity index (χ4n) is 2.31. The number of thioether (sulfide) groups is 1. The van der Waals surface area contributed by atoms with Crippen molar-refractivity contribution in [1.29, 1.82) is 0 Å². The van der Waals surface area contributed by atoms with E-state index in [1.54, 1.807) is 4.90 Å². The molecule has 1 aromatic carbocycles. The van der Waals surface area contributed by atoms with Gasteiger partial charge in [-0.3, -0.25) is 9.89 Å². The van der Waals surface area contributed by atoms with E-state index in [2.05, 4.69) is 10.3 Å².